The van der Waals surface area contributed by atoms with E-state index in [1.54, 1.807) is 13.8 Å². The second-order valence-electron chi connectivity index (χ2n) is 3.69. The summed E-state index contributed by atoms with van der Waals surface area (Å²) in [5.74, 6) is -5.74. The first-order chi connectivity index (χ1) is 7.93. The van der Waals surface area contributed by atoms with Crippen LogP contribution in [0, 0.1) is 23.3 Å². The zero-order chi connectivity index (χ0) is 13.0. The van der Waals surface area contributed by atoms with Gasteiger partial charge in [0.2, 0.25) is 0 Å². The van der Waals surface area contributed by atoms with Crippen LogP contribution in [0.15, 0.2) is 6.07 Å². The largest absolute Gasteiger partial charge is 0.378 e. The van der Waals surface area contributed by atoms with Gasteiger partial charge in [0.25, 0.3) is 0 Å². The Hall–Kier alpha value is -1.30. The molecule has 0 fully saturated rings. The fraction of sp³-hybridized carbons (Fsp3) is 0.455. The molecule has 0 atom stereocenters. The zero-order valence-corrected chi connectivity index (χ0v) is 9.49. The highest BCUT2D eigenvalue weighted by Gasteiger charge is 2.18. The quantitative estimate of drug-likeness (QED) is 0.493. The van der Waals surface area contributed by atoms with Gasteiger partial charge in [0.05, 0.1) is 12.7 Å². The summed E-state index contributed by atoms with van der Waals surface area (Å²) in [7, 11) is 0. The van der Waals surface area contributed by atoms with Gasteiger partial charge in [-0.2, -0.15) is 0 Å². The monoisotopic (exact) mass is 251 g/mol. The van der Waals surface area contributed by atoms with E-state index in [0.717, 1.165) is 0 Å². The summed E-state index contributed by atoms with van der Waals surface area (Å²) < 4.78 is 57.0. The van der Waals surface area contributed by atoms with Crippen molar-refractivity contribution in [1.29, 1.82) is 0 Å². The van der Waals surface area contributed by atoms with Gasteiger partial charge in [0, 0.05) is 12.6 Å². The number of anilines is 1. The molecule has 0 bridgehead atoms. The first kappa shape index (κ1) is 13.8. The molecule has 1 rings (SSSR count). The van der Waals surface area contributed by atoms with E-state index in [1.165, 1.54) is 0 Å². The van der Waals surface area contributed by atoms with Crippen LogP contribution < -0.4 is 5.32 Å². The van der Waals surface area contributed by atoms with Crippen molar-refractivity contribution < 1.29 is 22.3 Å². The van der Waals surface area contributed by atoms with Gasteiger partial charge >= 0.3 is 0 Å². The molecule has 0 aromatic heterocycles. The molecule has 0 aliphatic rings. The first-order valence-corrected chi connectivity index (χ1v) is 5.12. The van der Waals surface area contributed by atoms with Crippen molar-refractivity contribution in [2.24, 2.45) is 0 Å². The van der Waals surface area contributed by atoms with Gasteiger partial charge in [0.15, 0.2) is 23.3 Å². The molecule has 0 heterocycles. The van der Waals surface area contributed by atoms with Gasteiger partial charge in [0.1, 0.15) is 5.69 Å². The standard InChI is InChI=1S/C11H13F4NO/c1-6(2)17-4-3-16-11-9(14)7(12)5-8(13)10(11)15/h5-6,16H,3-4H2,1-2H3. The van der Waals surface area contributed by atoms with E-state index < -0.39 is 29.0 Å². The summed E-state index contributed by atoms with van der Waals surface area (Å²) in [6, 6.07) is 0.167. The molecular weight excluding hydrogens is 238 g/mol. The number of nitrogens with one attached hydrogen (secondary N) is 1. The van der Waals surface area contributed by atoms with E-state index in [2.05, 4.69) is 5.32 Å². The molecule has 0 saturated heterocycles. The Labute approximate surface area is 96.6 Å². The number of rotatable bonds is 5. The van der Waals surface area contributed by atoms with Gasteiger partial charge in [-0.15, -0.1) is 0 Å². The molecule has 0 aliphatic carbocycles. The Kier molecular flexibility index (Phi) is 4.74. The van der Waals surface area contributed by atoms with E-state index >= 15 is 0 Å². The minimum atomic E-state index is -1.44. The van der Waals surface area contributed by atoms with Gasteiger partial charge in [-0.3, -0.25) is 0 Å². The molecule has 0 unspecified atom stereocenters. The minimum Gasteiger partial charge on any atom is -0.378 e. The van der Waals surface area contributed by atoms with Gasteiger partial charge in [-0.05, 0) is 13.8 Å². The maximum atomic E-state index is 13.1. The molecule has 1 aromatic carbocycles. The van der Waals surface area contributed by atoms with Crippen molar-refractivity contribution in [1.82, 2.24) is 0 Å². The van der Waals surface area contributed by atoms with Crippen LogP contribution in [0.3, 0.4) is 0 Å². The van der Waals surface area contributed by atoms with Crippen LogP contribution in [-0.2, 0) is 4.74 Å². The van der Waals surface area contributed by atoms with Gasteiger partial charge in [-0.25, -0.2) is 17.6 Å². The van der Waals surface area contributed by atoms with Crippen LogP contribution >= 0.6 is 0 Å². The predicted molar refractivity (Wildman–Crippen MR) is 55.9 cm³/mol. The molecule has 0 spiro atoms. The van der Waals surface area contributed by atoms with Crippen molar-refractivity contribution in [3.8, 4) is 0 Å². The lowest BCUT2D eigenvalue weighted by Crippen LogP contribution is -2.15. The lowest BCUT2D eigenvalue weighted by Gasteiger charge is -2.11. The van der Waals surface area contributed by atoms with Crippen LogP contribution in [0.5, 0.6) is 0 Å². The number of benzene rings is 1. The Morgan fingerprint density at radius 2 is 1.65 bits per heavy atom. The van der Waals surface area contributed by atoms with Gasteiger partial charge in [-0.1, -0.05) is 0 Å². The molecule has 1 aromatic rings. The first-order valence-electron chi connectivity index (χ1n) is 5.12. The molecular formula is C11H13F4NO. The number of hydrogen-bond donors (Lipinski definition) is 1. The molecule has 0 amide bonds. The SMILES string of the molecule is CC(C)OCCNc1c(F)c(F)cc(F)c1F. The van der Waals surface area contributed by atoms with Crippen molar-refractivity contribution >= 4 is 5.69 Å². The summed E-state index contributed by atoms with van der Waals surface area (Å²) in [4.78, 5) is 0. The third kappa shape index (κ3) is 3.59. The highest BCUT2D eigenvalue weighted by atomic mass is 19.2. The Morgan fingerprint density at radius 1 is 1.12 bits per heavy atom. The molecule has 0 radical (unpaired) electrons. The molecule has 6 heteroatoms. The maximum Gasteiger partial charge on any atom is 0.185 e. The lowest BCUT2D eigenvalue weighted by molar-refractivity contribution is 0.0870. The zero-order valence-electron chi connectivity index (χ0n) is 9.49. The van der Waals surface area contributed by atoms with Gasteiger partial charge < -0.3 is 10.1 Å². The Balaban J connectivity index is 2.70. The topological polar surface area (TPSA) is 21.3 Å². The third-order valence-corrected chi connectivity index (χ3v) is 1.97. The maximum absolute atomic E-state index is 13.1. The summed E-state index contributed by atoms with van der Waals surface area (Å²) in [5, 5.41) is 2.26. The molecule has 96 valence electrons. The number of ether oxygens (including phenoxy) is 1. The smallest absolute Gasteiger partial charge is 0.185 e. The fourth-order valence-electron chi connectivity index (χ4n) is 1.20. The number of halogens is 4. The normalized spacial score (nSPS) is 11.0. The second kappa shape index (κ2) is 5.86. The Bertz CT molecular complexity index is 369. The molecule has 1 N–H and O–H groups in total. The van der Waals surface area contributed by atoms with E-state index in [1.807, 2.05) is 0 Å². The van der Waals surface area contributed by atoms with Crippen LogP contribution in [0.25, 0.3) is 0 Å². The van der Waals surface area contributed by atoms with E-state index in [-0.39, 0.29) is 25.3 Å². The van der Waals surface area contributed by atoms with Crippen LogP contribution in [0.2, 0.25) is 0 Å². The van der Waals surface area contributed by atoms with E-state index in [0.29, 0.717) is 0 Å². The van der Waals surface area contributed by atoms with Crippen molar-refractivity contribution in [2.75, 3.05) is 18.5 Å². The predicted octanol–water partition coefficient (Wildman–Crippen LogP) is 3.08. The summed E-state index contributed by atoms with van der Waals surface area (Å²) in [5.41, 5.74) is -0.810. The molecule has 0 aliphatic heterocycles. The van der Waals surface area contributed by atoms with Crippen LogP contribution in [-0.4, -0.2) is 19.3 Å². The van der Waals surface area contributed by atoms with Crippen molar-refractivity contribution in [3.05, 3.63) is 29.3 Å². The molecule has 17 heavy (non-hydrogen) atoms. The van der Waals surface area contributed by atoms with E-state index in [4.69, 9.17) is 4.74 Å². The van der Waals surface area contributed by atoms with Crippen LogP contribution in [0.1, 0.15) is 13.8 Å². The second-order valence-corrected chi connectivity index (χ2v) is 3.69. The Morgan fingerprint density at radius 3 is 2.12 bits per heavy atom. The van der Waals surface area contributed by atoms with Crippen LogP contribution in [0.4, 0.5) is 23.2 Å². The minimum absolute atomic E-state index is 0.0317. The molecule has 2 nitrogen and oxygen atoms in total. The van der Waals surface area contributed by atoms with Crippen molar-refractivity contribution in [2.45, 2.75) is 20.0 Å². The van der Waals surface area contributed by atoms with Crippen molar-refractivity contribution in [3.63, 3.8) is 0 Å². The fourth-order valence-corrected chi connectivity index (χ4v) is 1.20. The summed E-state index contributed by atoms with van der Waals surface area (Å²) >= 11 is 0. The number of hydrogen-bond acceptors (Lipinski definition) is 2. The average Bonchev–Trinajstić information content (AvgIpc) is 2.25. The average molecular weight is 251 g/mol. The highest BCUT2D eigenvalue weighted by Crippen LogP contribution is 2.23. The third-order valence-electron chi connectivity index (χ3n) is 1.97. The summed E-state index contributed by atoms with van der Waals surface area (Å²) in [6.07, 6.45) is -0.0317. The summed E-state index contributed by atoms with van der Waals surface area (Å²) in [6.45, 7) is 3.82. The van der Waals surface area contributed by atoms with E-state index in [9.17, 15) is 17.6 Å². The lowest BCUT2D eigenvalue weighted by atomic mass is 10.2. The molecule has 0 saturated carbocycles. The highest BCUT2D eigenvalue weighted by molar-refractivity contribution is 5.47.